The molecular weight excluding hydrogens is 294 g/mol. The van der Waals surface area contributed by atoms with Gasteiger partial charge >= 0.3 is 5.97 Å². The largest absolute Gasteiger partial charge is 0.425 e. The molecular formula is C18H29NO2S. The number of hydrogen-bond acceptors (Lipinski definition) is 4. The number of ether oxygens (including phenoxy) is 1. The lowest BCUT2D eigenvalue weighted by molar-refractivity contribution is -0.146. The van der Waals surface area contributed by atoms with Gasteiger partial charge in [-0.25, -0.2) is 0 Å². The minimum Gasteiger partial charge on any atom is -0.425 e. The molecule has 0 spiro atoms. The number of carbonyl (C=O) groups excluding carboxylic acids is 1. The van der Waals surface area contributed by atoms with Gasteiger partial charge in [0.1, 0.15) is 5.75 Å². The molecule has 124 valence electrons. The maximum Gasteiger partial charge on any atom is 0.317 e. The van der Waals surface area contributed by atoms with Crippen LogP contribution in [0.3, 0.4) is 0 Å². The fourth-order valence-corrected chi connectivity index (χ4v) is 4.14. The highest BCUT2D eigenvalue weighted by Gasteiger charge is 2.43. The van der Waals surface area contributed by atoms with E-state index in [0.29, 0.717) is 17.8 Å². The average molecular weight is 324 g/mol. The molecule has 4 heteroatoms. The van der Waals surface area contributed by atoms with Crippen LogP contribution in [0.15, 0.2) is 16.8 Å². The van der Waals surface area contributed by atoms with Crippen LogP contribution in [0.2, 0.25) is 0 Å². The monoisotopic (exact) mass is 323 g/mol. The van der Waals surface area contributed by atoms with E-state index in [1.165, 1.54) is 0 Å². The molecule has 0 saturated heterocycles. The first-order valence-electron chi connectivity index (χ1n) is 8.45. The number of carbonyl (C=O) groups is 1. The molecule has 1 aliphatic rings. The van der Waals surface area contributed by atoms with Crippen LogP contribution in [0, 0.1) is 5.41 Å². The van der Waals surface area contributed by atoms with E-state index in [2.05, 4.69) is 32.6 Å². The van der Waals surface area contributed by atoms with E-state index in [-0.39, 0.29) is 11.4 Å². The Hall–Kier alpha value is -0.870. The third-order valence-electron chi connectivity index (χ3n) is 4.87. The van der Waals surface area contributed by atoms with Gasteiger partial charge in [0, 0.05) is 17.5 Å². The molecule has 0 unspecified atom stereocenters. The fraction of sp³-hybridized carbons (Fsp3) is 0.722. The highest BCUT2D eigenvalue weighted by molar-refractivity contribution is 7.08. The summed E-state index contributed by atoms with van der Waals surface area (Å²) in [5, 5.41) is 3.85. The van der Waals surface area contributed by atoms with Crippen molar-refractivity contribution in [2.45, 2.75) is 71.9 Å². The second-order valence-corrected chi connectivity index (χ2v) is 7.79. The van der Waals surface area contributed by atoms with Crippen molar-refractivity contribution in [3.8, 4) is 5.75 Å². The molecule has 2 rings (SSSR count). The zero-order valence-corrected chi connectivity index (χ0v) is 15.1. The van der Waals surface area contributed by atoms with Crippen molar-refractivity contribution < 1.29 is 9.53 Å². The molecule has 22 heavy (non-hydrogen) atoms. The molecule has 1 aromatic heterocycles. The Morgan fingerprint density at radius 2 is 1.91 bits per heavy atom. The van der Waals surface area contributed by atoms with E-state index in [1.807, 2.05) is 16.8 Å². The third kappa shape index (κ3) is 4.11. The second kappa shape index (κ2) is 7.60. The van der Waals surface area contributed by atoms with Gasteiger partial charge in [0.05, 0.1) is 5.41 Å². The summed E-state index contributed by atoms with van der Waals surface area (Å²) in [5.41, 5.74) is -0.274. The third-order valence-corrected chi connectivity index (χ3v) is 5.54. The smallest absolute Gasteiger partial charge is 0.317 e. The van der Waals surface area contributed by atoms with Crippen LogP contribution in [0.25, 0.3) is 0 Å². The molecule has 0 radical (unpaired) electrons. The molecule has 0 bridgehead atoms. The summed E-state index contributed by atoms with van der Waals surface area (Å²) < 4.78 is 5.65. The normalized spacial score (nSPS) is 17.6. The molecule has 3 nitrogen and oxygen atoms in total. The zero-order chi connectivity index (χ0) is 16.2. The van der Waals surface area contributed by atoms with E-state index in [9.17, 15) is 4.79 Å². The summed E-state index contributed by atoms with van der Waals surface area (Å²) in [7, 11) is 0. The molecule has 1 aromatic rings. The van der Waals surface area contributed by atoms with Gasteiger partial charge in [0.2, 0.25) is 0 Å². The minimum absolute atomic E-state index is 0.0177. The average Bonchev–Trinajstić information content (AvgIpc) is 3.09. The molecule has 0 aromatic carbocycles. The Labute approximate surface area is 138 Å². The minimum atomic E-state index is -0.274. The maximum absolute atomic E-state index is 12.8. The topological polar surface area (TPSA) is 29.5 Å². The summed E-state index contributed by atoms with van der Waals surface area (Å²) in [4.78, 5) is 15.2. The van der Waals surface area contributed by atoms with Crippen LogP contribution in [0.4, 0.5) is 0 Å². The maximum atomic E-state index is 12.8. The molecule has 0 aliphatic heterocycles. The van der Waals surface area contributed by atoms with Crippen molar-refractivity contribution in [3.63, 3.8) is 0 Å². The van der Waals surface area contributed by atoms with Gasteiger partial charge in [-0.05, 0) is 64.9 Å². The Kier molecular flexibility index (Phi) is 6.04. The Balaban J connectivity index is 2.03. The molecule has 1 saturated carbocycles. The van der Waals surface area contributed by atoms with E-state index in [4.69, 9.17) is 4.74 Å². The summed E-state index contributed by atoms with van der Waals surface area (Å²) in [6.45, 7) is 9.88. The quantitative estimate of drug-likeness (QED) is 0.680. The molecule has 0 N–H and O–H groups in total. The van der Waals surface area contributed by atoms with Gasteiger partial charge in [0.15, 0.2) is 0 Å². The van der Waals surface area contributed by atoms with Crippen molar-refractivity contribution in [2.75, 3.05) is 6.54 Å². The van der Waals surface area contributed by atoms with Crippen molar-refractivity contribution >= 4 is 17.3 Å². The van der Waals surface area contributed by atoms with Crippen LogP contribution in [-0.4, -0.2) is 29.5 Å². The summed E-state index contributed by atoms with van der Waals surface area (Å²) in [6, 6.07) is 2.89. The first-order chi connectivity index (χ1) is 10.4. The molecule has 0 amide bonds. The van der Waals surface area contributed by atoms with Crippen molar-refractivity contribution in [2.24, 2.45) is 5.41 Å². The SMILES string of the molecule is CC(C)N(CCC1(C(=O)Oc2ccsc2)CCCC1)C(C)C. The number of rotatable bonds is 7. The standard InChI is InChI=1S/C18H29NO2S/c1-14(2)19(15(3)4)11-10-18(8-5-6-9-18)17(20)21-16-7-12-22-13-16/h7,12-15H,5-6,8-11H2,1-4H3. The van der Waals surface area contributed by atoms with Gasteiger partial charge in [-0.3, -0.25) is 9.69 Å². The Bertz CT molecular complexity index is 453. The van der Waals surface area contributed by atoms with Gasteiger partial charge in [0.25, 0.3) is 0 Å². The van der Waals surface area contributed by atoms with Crippen molar-refractivity contribution in [1.82, 2.24) is 4.90 Å². The predicted octanol–water partition coefficient (Wildman–Crippen LogP) is 4.72. The summed E-state index contributed by atoms with van der Waals surface area (Å²) in [5.74, 6) is 0.682. The van der Waals surface area contributed by atoms with Gasteiger partial charge in [-0.1, -0.05) is 12.8 Å². The van der Waals surface area contributed by atoms with Crippen LogP contribution >= 0.6 is 11.3 Å². The van der Waals surface area contributed by atoms with E-state index >= 15 is 0 Å². The highest BCUT2D eigenvalue weighted by atomic mass is 32.1. The molecule has 0 atom stereocenters. The number of thiophene rings is 1. The van der Waals surface area contributed by atoms with Crippen molar-refractivity contribution in [1.29, 1.82) is 0 Å². The fourth-order valence-electron chi connectivity index (χ4n) is 3.59. The predicted molar refractivity (Wildman–Crippen MR) is 92.5 cm³/mol. The van der Waals surface area contributed by atoms with Crippen LogP contribution in [-0.2, 0) is 4.79 Å². The molecule has 1 fully saturated rings. The van der Waals surface area contributed by atoms with Gasteiger partial charge in [-0.2, -0.15) is 0 Å². The van der Waals surface area contributed by atoms with Gasteiger partial charge in [-0.15, -0.1) is 11.3 Å². The lowest BCUT2D eigenvalue weighted by Crippen LogP contribution is -2.42. The summed E-state index contributed by atoms with van der Waals surface area (Å²) in [6.07, 6.45) is 5.14. The van der Waals surface area contributed by atoms with E-state index < -0.39 is 0 Å². The van der Waals surface area contributed by atoms with Crippen LogP contribution < -0.4 is 4.74 Å². The first-order valence-corrected chi connectivity index (χ1v) is 9.39. The molecule has 1 heterocycles. The van der Waals surface area contributed by atoms with Crippen LogP contribution in [0.1, 0.15) is 59.8 Å². The number of nitrogens with zero attached hydrogens (tertiary/aromatic N) is 1. The number of esters is 1. The van der Waals surface area contributed by atoms with E-state index in [1.54, 1.807) is 11.3 Å². The highest BCUT2D eigenvalue weighted by Crippen LogP contribution is 2.43. The Morgan fingerprint density at radius 1 is 1.27 bits per heavy atom. The Morgan fingerprint density at radius 3 is 2.41 bits per heavy atom. The van der Waals surface area contributed by atoms with Crippen molar-refractivity contribution in [3.05, 3.63) is 16.8 Å². The number of hydrogen-bond donors (Lipinski definition) is 0. The van der Waals surface area contributed by atoms with Gasteiger partial charge < -0.3 is 4.74 Å². The second-order valence-electron chi connectivity index (χ2n) is 7.01. The lowest BCUT2D eigenvalue weighted by Gasteiger charge is -2.34. The first kappa shape index (κ1) is 17.5. The summed E-state index contributed by atoms with van der Waals surface area (Å²) >= 11 is 1.56. The van der Waals surface area contributed by atoms with Crippen LogP contribution in [0.5, 0.6) is 5.75 Å². The van der Waals surface area contributed by atoms with E-state index in [0.717, 1.165) is 38.6 Å². The molecule has 1 aliphatic carbocycles. The zero-order valence-electron chi connectivity index (χ0n) is 14.3. The lowest BCUT2D eigenvalue weighted by atomic mass is 9.82.